The van der Waals surface area contributed by atoms with Gasteiger partial charge in [-0.2, -0.15) is 0 Å². The molecule has 25 heavy (non-hydrogen) atoms. The van der Waals surface area contributed by atoms with Crippen LogP contribution in [0.1, 0.15) is 36.1 Å². The van der Waals surface area contributed by atoms with Gasteiger partial charge in [0.2, 0.25) is 5.91 Å². The SMILES string of the molecule is NC(=O)C(c1ccc(F)cc1)N1CCC(C(O)c2ccccc2)CC1. The van der Waals surface area contributed by atoms with Gasteiger partial charge in [-0.15, -0.1) is 0 Å². The van der Waals surface area contributed by atoms with E-state index in [0.717, 1.165) is 18.4 Å². The van der Waals surface area contributed by atoms with Crippen molar-refractivity contribution in [3.63, 3.8) is 0 Å². The summed E-state index contributed by atoms with van der Waals surface area (Å²) in [6.45, 7) is 1.33. The number of aliphatic hydroxyl groups excluding tert-OH is 1. The molecular formula is C20H23FN2O2. The van der Waals surface area contributed by atoms with Crippen molar-refractivity contribution >= 4 is 5.91 Å². The van der Waals surface area contributed by atoms with Crippen LogP contribution in [0.3, 0.4) is 0 Å². The van der Waals surface area contributed by atoms with Crippen LogP contribution in [0.25, 0.3) is 0 Å². The van der Waals surface area contributed by atoms with Crippen molar-refractivity contribution in [2.24, 2.45) is 11.7 Å². The Labute approximate surface area is 147 Å². The van der Waals surface area contributed by atoms with E-state index in [9.17, 15) is 14.3 Å². The van der Waals surface area contributed by atoms with Crippen molar-refractivity contribution < 1.29 is 14.3 Å². The zero-order valence-corrected chi connectivity index (χ0v) is 14.0. The summed E-state index contributed by atoms with van der Waals surface area (Å²) in [5.41, 5.74) is 7.23. The minimum atomic E-state index is -0.560. The molecular weight excluding hydrogens is 319 g/mol. The number of amides is 1. The smallest absolute Gasteiger partial charge is 0.239 e. The third-order valence-electron chi connectivity index (χ3n) is 4.98. The molecule has 0 aliphatic carbocycles. The maximum atomic E-state index is 13.1. The number of rotatable bonds is 5. The van der Waals surface area contributed by atoms with Gasteiger partial charge in [0, 0.05) is 0 Å². The number of halogens is 1. The van der Waals surface area contributed by atoms with Crippen LogP contribution in [0.2, 0.25) is 0 Å². The molecule has 1 heterocycles. The molecule has 0 saturated carbocycles. The minimum absolute atomic E-state index is 0.153. The van der Waals surface area contributed by atoms with Gasteiger partial charge in [0.15, 0.2) is 0 Å². The highest BCUT2D eigenvalue weighted by molar-refractivity contribution is 5.81. The molecule has 3 N–H and O–H groups in total. The van der Waals surface area contributed by atoms with Gasteiger partial charge in [-0.05, 0) is 55.1 Å². The van der Waals surface area contributed by atoms with Crippen molar-refractivity contribution in [1.82, 2.24) is 4.90 Å². The summed E-state index contributed by atoms with van der Waals surface area (Å²) >= 11 is 0. The molecule has 5 heteroatoms. The largest absolute Gasteiger partial charge is 0.388 e. The maximum Gasteiger partial charge on any atom is 0.239 e. The fourth-order valence-electron chi connectivity index (χ4n) is 3.62. The molecule has 1 amide bonds. The molecule has 1 fully saturated rings. The molecule has 2 atom stereocenters. The molecule has 0 radical (unpaired) electrons. The monoisotopic (exact) mass is 342 g/mol. The summed E-state index contributed by atoms with van der Waals surface area (Å²) in [6.07, 6.45) is 1.06. The van der Waals surface area contributed by atoms with Gasteiger partial charge in [0.1, 0.15) is 11.9 Å². The van der Waals surface area contributed by atoms with Crippen LogP contribution in [-0.4, -0.2) is 29.0 Å². The predicted octanol–water partition coefficient (Wildman–Crippen LogP) is 2.80. The number of piperidine rings is 1. The van der Waals surface area contributed by atoms with Crippen molar-refractivity contribution in [2.45, 2.75) is 25.0 Å². The zero-order valence-electron chi connectivity index (χ0n) is 14.0. The average Bonchev–Trinajstić information content (AvgIpc) is 2.64. The molecule has 1 aliphatic heterocycles. The Bertz CT molecular complexity index is 697. The number of hydrogen-bond donors (Lipinski definition) is 2. The van der Waals surface area contributed by atoms with E-state index in [2.05, 4.69) is 0 Å². The van der Waals surface area contributed by atoms with E-state index < -0.39 is 18.1 Å². The van der Waals surface area contributed by atoms with E-state index in [1.807, 2.05) is 35.2 Å². The molecule has 2 aromatic rings. The summed E-state index contributed by atoms with van der Waals surface area (Å²) < 4.78 is 13.1. The predicted molar refractivity (Wildman–Crippen MR) is 94.0 cm³/mol. The first-order valence-corrected chi connectivity index (χ1v) is 8.58. The Morgan fingerprint density at radius 3 is 2.20 bits per heavy atom. The lowest BCUT2D eigenvalue weighted by molar-refractivity contribution is -0.124. The highest BCUT2D eigenvalue weighted by Crippen LogP contribution is 2.33. The molecule has 1 aliphatic rings. The maximum absolute atomic E-state index is 13.1. The highest BCUT2D eigenvalue weighted by atomic mass is 19.1. The Hall–Kier alpha value is -2.24. The van der Waals surface area contributed by atoms with Crippen molar-refractivity contribution in [1.29, 1.82) is 0 Å². The van der Waals surface area contributed by atoms with Crippen LogP contribution in [0.15, 0.2) is 54.6 Å². The molecule has 2 aromatic carbocycles. The first-order valence-electron chi connectivity index (χ1n) is 8.58. The van der Waals surface area contributed by atoms with E-state index in [1.165, 1.54) is 12.1 Å². The molecule has 0 aromatic heterocycles. The van der Waals surface area contributed by atoms with Crippen LogP contribution >= 0.6 is 0 Å². The number of nitrogens with two attached hydrogens (primary N) is 1. The molecule has 4 nitrogen and oxygen atoms in total. The summed E-state index contributed by atoms with van der Waals surface area (Å²) in [5, 5.41) is 10.6. The van der Waals surface area contributed by atoms with E-state index in [4.69, 9.17) is 5.73 Å². The molecule has 3 rings (SSSR count). The second-order valence-electron chi connectivity index (χ2n) is 6.59. The van der Waals surface area contributed by atoms with Gasteiger partial charge >= 0.3 is 0 Å². The molecule has 1 saturated heterocycles. The van der Waals surface area contributed by atoms with Crippen molar-refractivity contribution in [3.8, 4) is 0 Å². The molecule has 2 unspecified atom stereocenters. The number of carbonyl (C=O) groups is 1. The summed E-state index contributed by atoms with van der Waals surface area (Å²) in [7, 11) is 0. The second kappa shape index (κ2) is 7.76. The van der Waals surface area contributed by atoms with Gasteiger partial charge < -0.3 is 10.8 Å². The summed E-state index contributed by atoms with van der Waals surface area (Å²) in [4.78, 5) is 14.0. The Balaban J connectivity index is 1.67. The van der Waals surface area contributed by atoms with Gasteiger partial charge in [0.05, 0.1) is 6.10 Å². The van der Waals surface area contributed by atoms with Crippen molar-refractivity contribution in [2.75, 3.05) is 13.1 Å². The van der Waals surface area contributed by atoms with Crippen LogP contribution in [-0.2, 0) is 4.79 Å². The third kappa shape index (κ3) is 4.06. The first-order chi connectivity index (χ1) is 12.1. The van der Waals surface area contributed by atoms with Crippen molar-refractivity contribution in [3.05, 3.63) is 71.5 Å². The van der Waals surface area contributed by atoms with Crippen LogP contribution in [0.4, 0.5) is 4.39 Å². The fraction of sp³-hybridized carbons (Fsp3) is 0.350. The second-order valence-corrected chi connectivity index (χ2v) is 6.59. The van der Waals surface area contributed by atoms with Crippen LogP contribution in [0.5, 0.6) is 0 Å². The summed E-state index contributed by atoms with van der Waals surface area (Å²) in [5.74, 6) is -0.620. The van der Waals surface area contributed by atoms with E-state index >= 15 is 0 Å². The number of hydrogen-bond acceptors (Lipinski definition) is 3. The lowest BCUT2D eigenvalue weighted by atomic mass is 9.86. The molecule has 0 bridgehead atoms. The topological polar surface area (TPSA) is 66.6 Å². The van der Waals surface area contributed by atoms with Gasteiger partial charge in [-0.1, -0.05) is 42.5 Å². The Kier molecular flexibility index (Phi) is 5.46. The summed E-state index contributed by atoms with van der Waals surface area (Å²) in [6, 6.07) is 15.0. The molecule has 132 valence electrons. The van der Waals surface area contributed by atoms with E-state index in [1.54, 1.807) is 12.1 Å². The fourth-order valence-corrected chi connectivity index (χ4v) is 3.62. The number of primary amides is 1. The number of likely N-dealkylation sites (tertiary alicyclic amines) is 1. The Morgan fingerprint density at radius 1 is 1.04 bits per heavy atom. The zero-order chi connectivity index (χ0) is 17.8. The molecule has 0 spiro atoms. The van der Waals surface area contributed by atoms with E-state index in [-0.39, 0.29) is 11.7 Å². The highest BCUT2D eigenvalue weighted by Gasteiger charge is 2.32. The quantitative estimate of drug-likeness (QED) is 0.878. The van der Waals surface area contributed by atoms with Gasteiger partial charge in [-0.25, -0.2) is 4.39 Å². The first kappa shape index (κ1) is 17.6. The van der Waals surface area contributed by atoms with Crippen LogP contribution in [0, 0.1) is 11.7 Å². The average molecular weight is 342 g/mol. The lowest BCUT2D eigenvalue weighted by Gasteiger charge is -2.38. The number of carbonyl (C=O) groups excluding carboxylic acids is 1. The third-order valence-corrected chi connectivity index (χ3v) is 4.98. The van der Waals surface area contributed by atoms with Gasteiger partial charge in [0.25, 0.3) is 0 Å². The van der Waals surface area contributed by atoms with E-state index in [0.29, 0.717) is 18.7 Å². The number of nitrogens with zero attached hydrogens (tertiary/aromatic N) is 1. The standard InChI is InChI=1S/C20H23FN2O2/c21-17-8-6-14(7-9-17)18(20(22)25)23-12-10-16(11-13-23)19(24)15-4-2-1-3-5-15/h1-9,16,18-19,24H,10-13H2,(H2,22,25). The normalized spacial score (nSPS) is 18.6. The Morgan fingerprint density at radius 2 is 1.64 bits per heavy atom. The number of aliphatic hydroxyl groups is 1. The minimum Gasteiger partial charge on any atom is -0.388 e. The number of benzene rings is 2. The lowest BCUT2D eigenvalue weighted by Crippen LogP contribution is -2.43. The van der Waals surface area contributed by atoms with Gasteiger partial charge in [-0.3, -0.25) is 9.69 Å². The van der Waals surface area contributed by atoms with Crippen LogP contribution < -0.4 is 5.73 Å².